The number of anilines is 1. The van der Waals surface area contributed by atoms with E-state index in [2.05, 4.69) is 5.32 Å². The van der Waals surface area contributed by atoms with Crippen LogP contribution in [0.5, 0.6) is 11.5 Å². The van der Waals surface area contributed by atoms with E-state index in [4.69, 9.17) is 9.47 Å². The number of carbonyl (C=O) groups is 2. The first-order valence-electron chi connectivity index (χ1n) is 7.64. The molecule has 0 saturated heterocycles. The Balaban J connectivity index is 1.77. The Morgan fingerprint density at radius 2 is 1.88 bits per heavy atom. The SMILES string of the molecule is CNC(=O)C1CN(C(=O)COc2ccccc2)c2ccccc2O1. The van der Waals surface area contributed by atoms with Crippen LogP contribution in [-0.2, 0) is 9.59 Å². The summed E-state index contributed by atoms with van der Waals surface area (Å²) >= 11 is 0. The summed E-state index contributed by atoms with van der Waals surface area (Å²) in [5.41, 5.74) is 0.638. The van der Waals surface area contributed by atoms with E-state index in [1.165, 1.54) is 11.9 Å². The van der Waals surface area contributed by atoms with Crippen LogP contribution < -0.4 is 19.7 Å². The van der Waals surface area contributed by atoms with Crippen molar-refractivity contribution in [3.63, 3.8) is 0 Å². The zero-order chi connectivity index (χ0) is 16.9. The van der Waals surface area contributed by atoms with Gasteiger partial charge in [0.15, 0.2) is 12.7 Å². The molecule has 0 saturated carbocycles. The maximum atomic E-state index is 12.6. The largest absolute Gasteiger partial charge is 0.484 e. The number of nitrogens with one attached hydrogen (secondary N) is 1. The minimum atomic E-state index is -0.745. The Morgan fingerprint density at radius 3 is 2.62 bits per heavy atom. The first-order valence-corrected chi connectivity index (χ1v) is 7.64. The smallest absolute Gasteiger partial charge is 0.265 e. The van der Waals surface area contributed by atoms with E-state index in [9.17, 15) is 9.59 Å². The Bertz CT molecular complexity index is 733. The van der Waals surface area contributed by atoms with Gasteiger partial charge in [0.2, 0.25) is 0 Å². The Labute approximate surface area is 140 Å². The number of ether oxygens (including phenoxy) is 2. The van der Waals surface area contributed by atoms with Crippen LogP contribution in [0.4, 0.5) is 5.69 Å². The van der Waals surface area contributed by atoms with Crippen LogP contribution in [0.3, 0.4) is 0 Å². The average molecular weight is 326 g/mol. The molecule has 3 rings (SSSR count). The third-order valence-corrected chi connectivity index (χ3v) is 3.72. The lowest BCUT2D eigenvalue weighted by Gasteiger charge is -2.33. The van der Waals surface area contributed by atoms with E-state index < -0.39 is 6.10 Å². The van der Waals surface area contributed by atoms with Gasteiger partial charge in [0, 0.05) is 7.05 Å². The van der Waals surface area contributed by atoms with Crippen LogP contribution in [0.25, 0.3) is 0 Å². The van der Waals surface area contributed by atoms with Gasteiger partial charge in [-0.3, -0.25) is 9.59 Å². The normalized spacial score (nSPS) is 15.9. The maximum absolute atomic E-state index is 12.6. The molecule has 0 bridgehead atoms. The van der Waals surface area contributed by atoms with Crippen LogP contribution in [0.1, 0.15) is 0 Å². The van der Waals surface area contributed by atoms with Gasteiger partial charge in [0.25, 0.3) is 11.8 Å². The molecule has 1 aliphatic rings. The lowest BCUT2D eigenvalue weighted by molar-refractivity contribution is -0.128. The molecule has 2 aromatic rings. The molecule has 0 aliphatic carbocycles. The summed E-state index contributed by atoms with van der Waals surface area (Å²) < 4.78 is 11.2. The van der Waals surface area contributed by atoms with E-state index in [0.717, 1.165) is 0 Å². The molecule has 0 fully saturated rings. The molecule has 1 aliphatic heterocycles. The van der Waals surface area contributed by atoms with Crippen molar-refractivity contribution in [3.8, 4) is 11.5 Å². The Hall–Kier alpha value is -3.02. The number of benzene rings is 2. The molecule has 1 unspecified atom stereocenters. The van der Waals surface area contributed by atoms with Gasteiger partial charge in [-0.15, -0.1) is 0 Å². The topological polar surface area (TPSA) is 67.9 Å². The van der Waals surface area contributed by atoms with Gasteiger partial charge < -0.3 is 19.7 Å². The van der Waals surface area contributed by atoms with E-state index in [1.807, 2.05) is 24.3 Å². The van der Waals surface area contributed by atoms with Crippen molar-refractivity contribution in [2.75, 3.05) is 25.1 Å². The van der Waals surface area contributed by atoms with Crippen LogP contribution in [0, 0.1) is 0 Å². The summed E-state index contributed by atoms with van der Waals surface area (Å²) in [5, 5.41) is 2.55. The summed E-state index contributed by atoms with van der Waals surface area (Å²) in [5.74, 6) is 0.621. The Kier molecular flexibility index (Phi) is 4.65. The van der Waals surface area contributed by atoms with E-state index in [1.54, 1.807) is 30.3 Å². The lowest BCUT2D eigenvalue weighted by Crippen LogP contribution is -2.51. The number of para-hydroxylation sites is 3. The highest BCUT2D eigenvalue weighted by atomic mass is 16.5. The van der Waals surface area contributed by atoms with Gasteiger partial charge in [0.1, 0.15) is 11.5 Å². The van der Waals surface area contributed by atoms with Crippen molar-refractivity contribution >= 4 is 17.5 Å². The highest BCUT2D eigenvalue weighted by Gasteiger charge is 2.33. The molecule has 2 aromatic carbocycles. The number of amides is 2. The lowest BCUT2D eigenvalue weighted by atomic mass is 10.1. The predicted octanol–water partition coefficient (Wildman–Crippen LogP) is 1.61. The van der Waals surface area contributed by atoms with Gasteiger partial charge in [0.05, 0.1) is 12.2 Å². The van der Waals surface area contributed by atoms with Gasteiger partial charge in [-0.25, -0.2) is 0 Å². The fraction of sp³-hybridized carbons (Fsp3) is 0.222. The molecule has 2 amide bonds. The monoisotopic (exact) mass is 326 g/mol. The average Bonchev–Trinajstić information content (AvgIpc) is 2.65. The van der Waals surface area contributed by atoms with Crippen molar-refractivity contribution in [3.05, 3.63) is 54.6 Å². The zero-order valence-corrected chi connectivity index (χ0v) is 13.3. The van der Waals surface area contributed by atoms with Crippen molar-refractivity contribution in [1.82, 2.24) is 5.32 Å². The highest BCUT2D eigenvalue weighted by molar-refractivity contribution is 5.98. The molecule has 124 valence electrons. The first kappa shape index (κ1) is 15.9. The second kappa shape index (κ2) is 7.04. The second-order valence-corrected chi connectivity index (χ2v) is 5.29. The predicted molar refractivity (Wildman–Crippen MR) is 89.2 cm³/mol. The maximum Gasteiger partial charge on any atom is 0.265 e. The van der Waals surface area contributed by atoms with E-state index >= 15 is 0 Å². The second-order valence-electron chi connectivity index (χ2n) is 5.29. The van der Waals surface area contributed by atoms with Gasteiger partial charge in [-0.05, 0) is 24.3 Å². The molecule has 0 radical (unpaired) electrons. The number of hydrogen-bond donors (Lipinski definition) is 1. The molecule has 0 spiro atoms. The minimum absolute atomic E-state index is 0.112. The number of rotatable bonds is 4. The molecule has 6 heteroatoms. The Morgan fingerprint density at radius 1 is 1.17 bits per heavy atom. The third kappa shape index (κ3) is 3.32. The third-order valence-electron chi connectivity index (χ3n) is 3.72. The summed E-state index contributed by atoms with van der Waals surface area (Å²) in [6, 6.07) is 16.3. The number of likely N-dealkylation sites (N-methyl/N-ethyl adjacent to an activating group) is 1. The van der Waals surface area contributed by atoms with Crippen LogP contribution >= 0.6 is 0 Å². The van der Waals surface area contributed by atoms with Gasteiger partial charge >= 0.3 is 0 Å². The number of fused-ring (bicyclic) bond motifs is 1. The number of nitrogens with zero attached hydrogens (tertiary/aromatic N) is 1. The van der Waals surface area contributed by atoms with Crippen molar-refractivity contribution < 1.29 is 19.1 Å². The van der Waals surface area contributed by atoms with Crippen LogP contribution in [0.2, 0.25) is 0 Å². The van der Waals surface area contributed by atoms with Gasteiger partial charge in [-0.2, -0.15) is 0 Å². The minimum Gasteiger partial charge on any atom is -0.484 e. The molecule has 24 heavy (non-hydrogen) atoms. The molecule has 0 aromatic heterocycles. The van der Waals surface area contributed by atoms with Crippen molar-refractivity contribution in [2.24, 2.45) is 0 Å². The zero-order valence-electron chi connectivity index (χ0n) is 13.3. The quantitative estimate of drug-likeness (QED) is 0.927. The van der Waals surface area contributed by atoms with E-state index in [0.29, 0.717) is 17.2 Å². The molecule has 1 atom stereocenters. The summed E-state index contributed by atoms with van der Waals surface area (Å²) in [6.45, 7) is 0.0342. The van der Waals surface area contributed by atoms with Crippen LogP contribution in [-0.4, -0.2) is 38.1 Å². The molecule has 1 heterocycles. The molecular weight excluding hydrogens is 308 g/mol. The standard InChI is InChI=1S/C18H18N2O4/c1-19-18(22)16-11-20(14-9-5-6-10-15(14)24-16)17(21)12-23-13-7-3-2-4-8-13/h2-10,16H,11-12H2,1H3,(H,19,22). The fourth-order valence-corrected chi connectivity index (χ4v) is 2.51. The van der Waals surface area contributed by atoms with Crippen molar-refractivity contribution in [1.29, 1.82) is 0 Å². The van der Waals surface area contributed by atoms with Crippen LogP contribution in [0.15, 0.2) is 54.6 Å². The highest BCUT2D eigenvalue weighted by Crippen LogP contribution is 2.33. The van der Waals surface area contributed by atoms with Gasteiger partial charge in [-0.1, -0.05) is 30.3 Å². The molecule has 1 N–H and O–H groups in total. The van der Waals surface area contributed by atoms with E-state index in [-0.39, 0.29) is 25.0 Å². The molecule has 6 nitrogen and oxygen atoms in total. The molecular formula is C18H18N2O4. The summed E-state index contributed by atoms with van der Waals surface area (Å²) in [7, 11) is 1.54. The van der Waals surface area contributed by atoms with Crippen molar-refractivity contribution in [2.45, 2.75) is 6.10 Å². The number of hydrogen-bond acceptors (Lipinski definition) is 4. The number of carbonyl (C=O) groups excluding carboxylic acids is 2. The summed E-state index contributed by atoms with van der Waals surface area (Å²) in [6.07, 6.45) is -0.745. The first-order chi connectivity index (χ1) is 11.7. The summed E-state index contributed by atoms with van der Waals surface area (Å²) in [4.78, 5) is 26.1. The fourth-order valence-electron chi connectivity index (χ4n) is 2.51.